The van der Waals surface area contributed by atoms with Gasteiger partial charge in [-0.3, -0.25) is 4.79 Å². The first kappa shape index (κ1) is 12.2. The highest BCUT2D eigenvalue weighted by atomic mass is 35.5. The molecule has 1 aliphatic carbocycles. The zero-order chi connectivity index (χ0) is 12.5. The molecule has 0 amide bonds. The molecule has 1 saturated carbocycles. The summed E-state index contributed by atoms with van der Waals surface area (Å²) in [5.41, 5.74) is 0.741. The fourth-order valence-corrected chi connectivity index (χ4v) is 3.70. The van der Waals surface area contributed by atoms with Crippen molar-refractivity contribution in [2.24, 2.45) is 11.8 Å². The Hall–Kier alpha value is -0.860. The van der Waals surface area contributed by atoms with Crippen molar-refractivity contribution >= 4 is 17.4 Å². The summed E-state index contributed by atoms with van der Waals surface area (Å²) in [5.74, 6) is 1.73. The third kappa shape index (κ3) is 2.32. The van der Waals surface area contributed by atoms with Crippen molar-refractivity contribution in [3.63, 3.8) is 0 Å². The van der Waals surface area contributed by atoms with Crippen LogP contribution >= 0.6 is 11.6 Å². The number of hydrogen-bond donors (Lipinski definition) is 1. The maximum Gasteiger partial charge on any atom is 0.164 e. The van der Waals surface area contributed by atoms with Gasteiger partial charge >= 0.3 is 0 Å². The first-order valence-corrected chi connectivity index (χ1v) is 7.14. The summed E-state index contributed by atoms with van der Waals surface area (Å²) in [4.78, 5) is 12.2. The van der Waals surface area contributed by atoms with Gasteiger partial charge in [0.05, 0.1) is 0 Å². The van der Waals surface area contributed by atoms with Crippen LogP contribution in [0.15, 0.2) is 24.3 Å². The molecule has 2 aliphatic rings. The molecule has 0 aromatic heterocycles. The van der Waals surface area contributed by atoms with Gasteiger partial charge in [-0.25, -0.2) is 0 Å². The quantitative estimate of drug-likeness (QED) is 0.848. The molecule has 1 N–H and O–H groups in total. The van der Waals surface area contributed by atoms with Gasteiger partial charge in [-0.2, -0.15) is 0 Å². The van der Waals surface area contributed by atoms with Gasteiger partial charge < -0.3 is 5.32 Å². The van der Waals surface area contributed by atoms with Crippen LogP contribution in [-0.2, 0) is 0 Å². The number of carbonyl (C=O) groups is 1. The van der Waals surface area contributed by atoms with Crippen LogP contribution < -0.4 is 5.32 Å². The predicted octanol–water partition coefficient (Wildman–Crippen LogP) is 3.30. The van der Waals surface area contributed by atoms with E-state index < -0.39 is 0 Å². The number of Topliss-reactive ketones (excluding diaryl/α,β-unsaturated/α-hetero) is 1. The summed E-state index contributed by atoms with van der Waals surface area (Å²) in [5, 5.41) is 4.16. The lowest BCUT2D eigenvalue weighted by molar-refractivity contribution is 0.0963. The van der Waals surface area contributed by atoms with Gasteiger partial charge in [0.1, 0.15) is 0 Å². The molecule has 96 valence electrons. The lowest BCUT2D eigenvalue weighted by atomic mass is 9.90. The minimum Gasteiger partial charge on any atom is -0.313 e. The molecule has 0 spiro atoms. The van der Waals surface area contributed by atoms with Crippen LogP contribution in [0.25, 0.3) is 0 Å². The number of hydrogen-bond acceptors (Lipinski definition) is 2. The molecule has 1 heterocycles. The van der Waals surface area contributed by atoms with Crippen molar-refractivity contribution in [3.05, 3.63) is 34.9 Å². The number of rotatable bonds is 3. The number of nitrogens with one attached hydrogen (secondary N) is 1. The Balaban J connectivity index is 1.68. The highest BCUT2D eigenvalue weighted by Crippen LogP contribution is 2.39. The zero-order valence-electron chi connectivity index (χ0n) is 10.4. The molecular formula is C15H18ClNO. The molecule has 3 rings (SSSR count). The second-order valence-electron chi connectivity index (χ2n) is 5.51. The molecule has 3 unspecified atom stereocenters. The molecule has 1 aromatic rings. The number of ketones is 1. The minimum atomic E-state index is 0.211. The highest BCUT2D eigenvalue weighted by Gasteiger charge is 2.39. The first-order valence-electron chi connectivity index (χ1n) is 6.76. The first-order chi connectivity index (χ1) is 8.74. The van der Waals surface area contributed by atoms with E-state index in [0.29, 0.717) is 23.4 Å². The number of carbonyl (C=O) groups excluding carboxylic acids is 1. The third-order valence-corrected chi connectivity index (χ3v) is 4.66. The van der Waals surface area contributed by atoms with Gasteiger partial charge in [-0.05, 0) is 43.4 Å². The molecule has 3 atom stereocenters. The maximum atomic E-state index is 12.2. The van der Waals surface area contributed by atoms with Crippen LogP contribution in [0, 0.1) is 11.8 Å². The van der Waals surface area contributed by atoms with Crippen LogP contribution in [0.3, 0.4) is 0 Å². The zero-order valence-corrected chi connectivity index (χ0v) is 11.1. The van der Waals surface area contributed by atoms with E-state index in [2.05, 4.69) is 5.32 Å². The van der Waals surface area contributed by atoms with E-state index in [4.69, 9.17) is 11.6 Å². The van der Waals surface area contributed by atoms with Crippen molar-refractivity contribution in [1.29, 1.82) is 0 Å². The molecule has 3 heteroatoms. The summed E-state index contributed by atoms with van der Waals surface area (Å²) < 4.78 is 0. The Morgan fingerprint density at radius 1 is 1.39 bits per heavy atom. The van der Waals surface area contributed by atoms with Crippen LogP contribution in [0.5, 0.6) is 0 Å². The average Bonchev–Trinajstić information content (AvgIpc) is 2.94. The molecule has 0 bridgehead atoms. The molecule has 1 aromatic carbocycles. The molecule has 2 nitrogen and oxygen atoms in total. The van der Waals surface area contributed by atoms with E-state index in [1.54, 1.807) is 12.1 Å². The van der Waals surface area contributed by atoms with Crippen molar-refractivity contribution < 1.29 is 4.79 Å². The molecule has 0 radical (unpaired) electrons. The van der Waals surface area contributed by atoms with E-state index >= 15 is 0 Å². The fourth-order valence-electron chi connectivity index (χ4n) is 3.51. The fraction of sp³-hybridized carbons (Fsp3) is 0.533. The predicted molar refractivity (Wildman–Crippen MR) is 73.0 cm³/mol. The lowest BCUT2D eigenvalue weighted by Crippen LogP contribution is -2.29. The summed E-state index contributed by atoms with van der Waals surface area (Å²) in [7, 11) is 0. The Bertz CT molecular complexity index is 460. The van der Waals surface area contributed by atoms with E-state index in [9.17, 15) is 4.79 Å². The molecule has 1 aliphatic heterocycles. The standard InChI is InChI=1S/C15H18ClNO/c16-12-5-1-3-10(7-12)15(18)8-14-13-6-2-4-11(13)9-17-14/h1,3,5,7,11,13-14,17H,2,4,6,8-9H2. The summed E-state index contributed by atoms with van der Waals surface area (Å²) in [6.45, 7) is 1.10. The number of benzene rings is 1. The van der Waals surface area contributed by atoms with Gasteiger partial charge in [0.25, 0.3) is 0 Å². The maximum absolute atomic E-state index is 12.2. The summed E-state index contributed by atoms with van der Waals surface area (Å²) in [6.07, 6.45) is 4.56. The minimum absolute atomic E-state index is 0.211. The Morgan fingerprint density at radius 3 is 3.11 bits per heavy atom. The normalized spacial score (nSPS) is 30.4. The Morgan fingerprint density at radius 2 is 2.28 bits per heavy atom. The average molecular weight is 264 g/mol. The van der Waals surface area contributed by atoms with Crippen molar-refractivity contribution in [2.45, 2.75) is 31.7 Å². The van der Waals surface area contributed by atoms with E-state index in [-0.39, 0.29) is 5.78 Å². The van der Waals surface area contributed by atoms with Crippen molar-refractivity contribution in [2.75, 3.05) is 6.54 Å². The van der Waals surface area contributed by atoms with Gasteiger partial charge in [-0.15, -0.1) is 0 Å². The van der Waals surface area contributed by atoms with Crippen LogP contribution in [0.1, 0.15) is 36.0 Å². The van der Waals surface area contributed by atoms with E-state index in [1.165, 1.54) is 19.3 Å². The summed E-state index contributed by atoms with van der Waals surface area (Å²) >= 11 is 5.93. The van der Waals surface area contributed by atoms with Crippen LogP contribution in [-0.4, -0.2) is 18.4 Å². The smallest absolute Gasteiger partial charge is 0.164 e. The van der Waals surface area contributed by atoms with E-state index in [1.807, 2.05) is 12.1 Å². The van der Waals surface area contributed by atoms with Crippen molar-refractivity contribution in [3.8, 4) is 0 Å². The monoisotopic (exact) mass is 263 g/mol. The largest absolute Gasteiger partial charge is 0.313 e. The third-order valence-electron chi connectivity index (χ3n) is 4.43. The van der Waals surface area contributed by atoms with Gasteiger partial charge in [0.15, 0.2) is 5.78 Å². The molecule has 1 saturated heterocycles. The van der Waals surface area contributed by atoms with Crippen molar-refractivity contribution in [1.82, 2.24) is 5.32 Å². The highest BCUT2D eigenvalue weighted by molar-refractivity contribution is 6.31. The molecule has 2 fully saturated rings. The van der Waals surface area contributed by atoms with E-state index in [0.717, 1.165) is 18.0 Å². The van der Waals surface area contributed by atoms with Crippen LogP contribution in [0.2, 0.25) is 5.02 Å². The summed E-state index contributed by atoms with van der Waals surface area (Å²) in [6, 6.07) is 7.65. The second kappa shape index (κ2) is 5.02. The van der Waals surface area contributed by atoms with Gasteiger partial charge in [0, 0.05) is 23.0 Å². The Labute approximate surface area is 113 Å². The number of fused-ring (bicyclic) bond motifs is 1. The van der Waals surface area contributed by atoms with Crippen LogP contribution in [0.4, 0.5) is 0 Å². The lowest BCUT2D eigenvalue weighted by Gasteiger charge is -2.17. The number of halogens is 1. The Kier molecular flexibility index (Phi) is 3.40. The van der Waals surface area contributed by atoms with Gasteiger partial charge in [0.2, 0.25) is 0 Å². The second-order valence-corrected chi connectivity index (χ2v) is 5.94. The molecule has 18 heavy (non-hydrogen) atoms. The SMILES string of the molecule is O=C(CC1NCC2CCCC21)c1cccc(Cl)c1. The molecular weight excluding hydrogens is 246 g/mol. The topological polar surface area (TPSA) is 29.1 Å². The van der Waals surface area contributed by atoms with Gasteiger partial charge in [-0.1, -0.05) is 30.2 Å².